The number of anilines is 1. The number of halogens is 2. The van der Waals surface area contributed by atoms with E-state index in [1.165, 1.54) is 0 Å². The summed E-state index contributed by atoms with van der Waals surface area (Å²) in [5.74, 6) is -1.12. The van der Waals surface area contributed by atoms with Gasteiger partial charge in [0.25, 0.3) is 0 Å². The number of hydrogen-bond donors (Lipinski definition) is 1. The normalized spacial score (nSPS) is 14.0. The zero-order chi connectivity index (χ0) is 23.2. The molecular weight excluding hydrogens is 440 g/mol. The maximum atomic E-state index is 14.6. The van der Waals surface area contributed by atoms with Crippen molar-refractivity contribution in [3.63, 3.8) is 0 Å². The Labute approximate surface area is 184 Å². The lowest BCUT2D eigenvalue weighted by Gasteiger charge is -2.11. The van der Waals surface area contributed by atoms with E-state index in [9.17, 15) is 17.2 Å². The first-order valence-electron chi connectivity index (χ1n) is 10.1. The van der Waals surface area contributed by atoms with Crippen molar-refractivity contribution in [3.8, 4) is 17.3 Å². The second kappa shape index (κ2) is 8.12. The van der Waals surface area contributed by atoms with Crippen LogP contribution in [0.1, 0.15) is 42.5 Å². The first-order chi connectivity index (χ1) is 15.1. The van der Waals surface area contributed by atoms with Gasteiger partial charge in [-0.15, -0.1) is 0 Å². The van der Waals surface area contributed by atoms with Gasteiger partial charge >= 0.3 is 0 Å². The second-order valence-corrected chi connectivity index (χ2v) is 9.79. The van der Waals surface area contributed by atoms with Gasteiger partial charge in [0.05, 0.1) is 19.3 Å². The number of hydrogen-bond acceptors (Lipinski definition) is 7. The number of nitrogens with zero attached hydrogens (tertiary/aromatic N) is 4. The highest BCUT2D eigenvalue weighted by Crippen LogP contribution is 2.43. The molecule has 0 aliphatic heterocycles. The van der Waals surface area contributed by atoms with Crippen LogP contribution in [0.4, 0.5) is 14.6 Å². The van der Waals surface area contributed by atoms with Crippen LogP contribution in [0.2, 0.25) is 0 Å². The van der Waals surface area contributed by atoms with Gasteiger partial charge < -0.3 is 10.5 Å². The maximum absolute atomic E-state index is 14.6. The average Bonchev–Trinajstić information content (AvgIpc) is 3.47. The summed E-state index contributed by atoms with van der Waals surface area (Å²) in [4.78, 5) is 8.09. The molecule has 1 saturated carbocycles. The highest BCUT2D eigenvalue weighted by atomic mass is 32.2. The first-order valence-corrected chi connectivity index (χ1v) is 12.0. The summed E-state index contributed by atoms with van der Waals surface area (Å²) in [6, 6.07) is 2.31. The molecule has 1 aliphatic rings. The van der Waals surface area contributed by atoms with Gasteiger partial charge in [-0.1, -0.05) is 0 Å². The quantitative estimate of drug-likeness (QED) is 0.572. The van der Waals surface area contributed by atoms with E-state index in [1.807, 2.05) is 6.92 Å². The van der Waals surface area contributed by atoms with E-state index >= 15 is 0 Å². The molecule has 0 saturated heterocycles. The Morgan fingerprint density at radius 3 is 2.44 bits per heavy atom. The molecule has 2 aromatic heterocycles. The predicted molar refractivity (Wildman–Crippen MR) is 114 cm³/mol. The summed E-state index contributed by atoms with van der Waals surface area (Å²) >= 11 is 0. The zero-order valence-electron chi connectivity index (χ0n) is 17.9. The van der Waals surface area contributed by atoms with E-state index in [4.69, 9.17) is 10.5 Å². The molecule has 0 unspecified atom stereocenters. The third kappa shape index (κ3) is 4.16. The van der Waals surface area contributed by atoms with E-state index in [0.29, 0.717) is 12.3 Å². The van der Waals surface area contributed by atoms with Crippen molar-refractivity contribution < 1.29 is 21.9 Å². The Kier molecular flexibility index (Phi) is 5.61. The van der Waals surface area contributed by atoms with E-state index in [1.54, 1.807) is 11.6 Å². The van der Waals surface area contributed by atoms with E-state index in [0.717, 1.165) is 48.7 Å². The summed E-state index contributed by atoms with van der Waals surface area (Å²) in [5, 5.41) is 4.53. The van der Waals surface area contributed by atoms with E-state index < -0.39 is 21.5 Å². The molecule has 0 bridgehead atoms. The van der Waals surface area contributed by atoms with Crippen LogP contribution in [-0.4, -0.2) is 41.0 Å². The van der Waals surface area contributed by atoms with Gasteiger partial charge in [0.1, 0.15) is 33.8 Å². The van der Waals surface area contributed by atoms with Gasteiger partial charge in [-0.25, -0.2) is 27.2 Å². The molecular formula is C21H23F2N5O3S. The van der Waals surface area contributed by atoms with Crippen LogP contribution < -0.4 is 10.5 Å². The zero-order valence-corrected chi connectivity index (χ0v) is 18.7. The van der Waals surface area contributed by atoms with Crippen LogP contribution in [0, 0.1) is 18.6 Å². The molecule has 4 rings (SSSR count). The third-order valence-electron chi connectivity index (χ3n) is 5.33. The lowest BCUT2D eigenvalue weighted by atomic mass is 10.1. The highest BCUT2D eigenvalue weighted by Gasteiger charge is 2.32. The van der Waals surface area contributed by atoms with Crippen LogP contribution in [0.3, 0.4) is 0 Å². The van der Waals surface area contributed by atoms with Gasteiger partial charge in [-0.2, -0.15) is 5.10 Å². The average molecular weight is 464 g/mol. The Hall–Kier alpha value is -3.08. The molecule has 1 aromatic carbocycles. The summed E-state index contributed by atoms with van der Waals surface area (Å²) in [6.07, 6.45) is 4.05. The van der Waals surface area contributed by atoms with Crippen molar-refractivity contribution >= 4 is 15.7 Å². The molecule has 170 valence electrons. The van der Waals surface area contributed by atoms with Gasteiger partial charge in [0.2, 0.25) is 0 Å². The van der Waals surface area contributed by atoms with Crippen molar-refractivity contribution in [2.24, 2.45) is 0 Å². The topological polar surface area (TPSA) is 113 Å². The number of nitrogens with two attached hydrogens (primary N) is 1. The summed E-state index contributed by atoms with van der Waals surface area (Å²) in [6.45, 7) is 3.75. The number of aromatic nitrogens is 4. The Bertz CT molecular complexity index is 1280. The number of sulfone groups is 1. The summed E-state index contributed by atoms with van der Waals surface area (Å²) in [7, 11) is -3.58. The Balaban J connectivity index is 1.76. The van der Waals surface area contributed by atoms with Gasteiger partial charge in [0.15, 0.2) is 15.7 Å². The first kappa shape index (κ1) is 22.1. The minimum atomic E-state index is -3.58. The number of benzene rings is 1. The largest absolute Gasteiger partial charge is 0.494 e. The molecule has 0 radical (unpaired) electrons. The molecule has 2 heterocycles. The predicted octanol–water partition coefficient (Wildman–Crippen LogP) is 3.24. The minimum Gasteiger partial charge on any atom is -0.494 e. The smallest absolute Gasteiger partial charge is 0.182 e. The second-order valence-electron chi connectivity index (χ2n) is 7.80. The molecule has 0 spiro atoms. The molecule has 3 aromatic rings. The lowest BCUT2D eigenvalue weighted by Crippen LogP contribution is -2.10. The fraction of sp³-hybridized carbons (Fsp3) is 0.381. The Morgan fingerprint density at radius 2 is 1.91 bits per heavy atom. The molecule has 32 heavy (non-hydrogen) atoms. The van der Waals surface area contributed by atoms with Gasteiger partial charge in [0, 0.05) is 41.1 Å². The summed E-state index contributed by atoms with van der Waals surface area (Å²) in [5.41, 5.74) is 7.72. The molecule has 0 atom stereocenters. The third-order valence-corrected chi connectivity index (χ3v) is 6.44. The highest BCUT2D eigenvalue weighted by molar-refractivity contribution is 7.90. The van der Waals surface area contributed by atoms with Crippen LogP contribution in [0.15, 0.2) is 23.2 Å². The summed E-state index contributed by atoms with van der Waals surface area (Å²) < 4.78 is 59.7. The minimum absolute atomic E-state index is 0.117. The fourth-order valence-electron chi connectivity index (χ4n) is 3.69. The fourth-order valence-corrected chi connectivity index (χ4v) is 4.36. The standard InChI is InChI=1S/C21H23F2N5O3S/c1-4-31-13-7-15(22)14(16(23)8-13)10-28-19(12-5-6-12)11(2)18(27-28)21-25-9-17(20(24)26-21)32(3,29)30/h7-9,12H,4-6,10H2,1-3H3,(H2,24,25,26). The van der Waals surface area contributed by atoms with Crippen molar-refractivity contribution in [1.29, 1.82) is 0 Å². The van der Waals surface area contributed by atoms with Crippen LogP contribution in [0.25, 0.3) is 11.5 Å². The lowest BCUT2D eigenvalue weighted by molar-refractivity contribution is 0.335. The van der Waals surface area contributed by atoms with Crippen molar-refractivity contribution in [2.45, 2.75) is 44.0 Å². The van der Waals surface area contributed by atoms with Crippen LogP contribution >= 0.6 is 0 Å². The molecule has 8 nitrogen and oxygen atoms in total. The van der Waals surface area contributed by atoms with Crippen LogP contribution in [-0.2, 0) is 16.4 Å². The number of nitrogen functional groups attached to an aromatic ring is 1. The van der Waals surface area contributed by atoms with Crippen molar-refractivity contribution in [2.75, 3.05) is 18.6 Å². The molecule has 1 aliphatic carbocycles. The molecule has 11 heteroatoms. The molecule has 2 N–H and O–H groups in total. The number of ether oxygens (including phenoxy) is 1. The Morgan fingerprint density at radius 1 is 1.25 bits per heavy atom. The monoisotopic (exact) mass is 463 g/mol. The van der Waals surface area contributed by atoms with Crippen molar-refractivity contribution in [3.05, 3.63) is 46.8 Å². The molecule has 0 amide bonds. The maximum Gasteiger partial charge on any atom is 0.182 e. The van der Waals surface area contributed by atoms with E-state index in [2.05, 4.69) is 15.1 Å². The van der Waals surface area contributed by atoms with Crippen molar-refractivity contribution in [1.82, 2.24) is 19.7 Å². The number of rotatable bonds is 7. The SMILES string of the molecule is CCOc1cc(F)c(Cn2nc(-c3ncc(S(C)(=O)=O)c(N)n3)c(C)c2C2CC2)c(F)c1. The van der Waals surface area contributed by atoms with E-state index in [-0.39, 0.29) is 40.3 Å². The van der Waals surface area contributed by atoms with Gasteiger partial charge in [-0.3, -0.25) is 4.68 Å². The van der Waals surface area contributed by atoms with Crippen LogP contribution in [0.5, 0.6) is 5.75 Å². The molecule has 1 fully saturated rings. The van der Waals surface area contributed by atoms with Gasteiger partial charge in [-0.05, 0) is 26.7 Å².